The molecular formula is C28H31FN8O4. The molecule has 1 aliphatic rings. The Morgan fingerprint density at radius 2 is 1.98 bits per heavy atom. The average molecular weight is 563 g/mol. The molecule has 4 aromatic heterocycles. The minimum atomic E-state index is -0.553. The van der Waals surface area contributed by atoms with E-state index in [1.165, 1.54) is 23.1 Å². The van der Waals surface area contributed by atoms with Crippen molar-refractivity contribution in [2.24, 2.45) is 0 Å². The molecule has 0 saturated carbocycles. The van der Waals surface area contributed by atoms with Gasteiger partial charge in [-0.1, -0.05) is 12.1 Å². The summed E-state index contributed by atoms with van der Waals surface area (Å²) in [6, 6.07) is 6.52. The quantitative estimate of drug-likeness (QED) is 0.329. The summed E-state index contributed by atoms with van der Waals surface area (Å²) in [6.07, 6.45) is 6.30. The maximum absolute atomic E-state index is 13.6. The highest BCUT2D eigenvalue weighted by molar-refractivity contribution is 5.77. The third kappa shape index (κ3) is 6.34. The number of fused-ring (bicyclic) bond motifs is 1. The molecule has 0 aromatic carbocycles. The van der Waals surface area contributed by atoms with Gasteiger partial charge in [-0.3, -0.25) is 9.78 Å². The van der Waals surface area contributed by atoms with E-state index < -0.39 is 11.4 Å². The molecule has 1 N–H and O–H groups in total. The summed E-state index contributed by atoms with van der Waals surface area (Å²) < 4.78 is 28.3. The summed E-state index contributed by atoms with van der Waals surface area (Å²) in [5, 5.41) is 3.19. The van der Waals surface area contributed by atoms with Crippen molar-refractivity contribution >= 4 is 28.8 Å². The van der Waals surface area contributed by atoms with E-state index in [1.54, 1.807) is 33.9 Å². The Hall–Kier alpha value is -4.81. The standard InChI is InChI=1S/C28H31FN8O4/c1-5-11-36-25(38)21-17-31-26(32-19-14-18(29)15-30-16-19)34-24(21)37(36)22-7-6-8-23(33-22)40-20-9-12-35(13-10-20)27(39)41-28(2,3)4/h5-8,14-17,20H,1,9-13H2,2-4H3,(H,31,32,34). The van der Waals surface area contributed by atoms with E-state index in [9.17, 15) is 14.0 Å². The highest BCUT2D eigenvalue weighted by Crippen LogP contribution is 2.23. The van der Waals surface area contributed by atoms with Crippen LogP contribution < -0.4 is 15.6 Å². The maximum atomic E-state index is 13.6. The number of allylic oxidation sites excluding steroid dienone is 1. The zero-order valence-electron chi connectivity index (χ0n) is 23.1. The average Bonchev–Trinajstić information content (AvgIpc) is 3.19. The smallest absolute Gasteiger partial charge is 0.410 e. The number of halogens is 1. The molecule has 0 bridgehead atoms. The summed E-state index contributed by atoms with van der Waals surface area (Å²) in [4.78, 5) is 44.6. The van der Waals surface area contributed by atoms with Gasteiger partial charge in [-0.2, -0.15) is 9.97 Å². The number of aromatic nitrogens is 6. The van der Waals surface area contributed by atoms with Gasteiger partial charge in [0.2, 0.25) is 11.8 Å². The lowest BCUT2D eigenvalue weighted by atomic mass is 10.1. The minimum Gasteiger partial charge on any atom is -0.474 e. The molecule has 0 unspecified atom stereocenters. The maximum Gasteiger partial charge on any atom is 0.410 e. The number of rotatable bonds is 7. The number of carbonyl (C=O) groups excluding carboxylic acids is 1. The van der Waals surface area contributed by atoms with E-state index in [2.05, 4.69) is 31.8 Å². The molecule has 1 fully saturated rings. The molecule has 0 spiro atoms. The van der Waals surface area contributed by atoms with Crippen LogP contribution in [0.4, 0.5) is 20.8 Å². The van der Waals surface area contributed by atoms with Crippen LogP contribution in [-0.2, 0) is 11.3 Å². The van der Waals surface area contributed by atoms with Crippen molar-refractivity contribution in [3.05, 3.63) is 71.7 Å². The van der Waals surface area contributed by atoms with Crippen molar-refractivity contribution in [3.63, 3.8) is 0 Å². The number of anilines is 2. The fourth-order valence-corrected chi connectivity index (χ4v) is 4.46. The molecule has 0 atom stereocenters. The lowest BCUT2D eigenvalue weighted by Gasteiger charge is -2.33. The largest absolute Gasteiger partial charge is 0.474 e. The molecule has 0 radical (unpaired) electrons. The lowest BCUT2D eigenvalue weighted by Crippen LogP contribution is -2.44. The first-order valence-electron chi connectivity index (χ1n) is 13.2. The van der Waals surface area contributed by atoms with Crippen LogP contribution in [0, 0.1) is 5.82 Å². The number of nitrogens with one attached hydrogen (secondary N) is 1. The Balaban J connectivity index is 1.40. The molecule has 1 saturated heterocycles. The van der Waals surface area contributed by atoms with E-state index >= 15 is 0 Å². The first-order chi connectivity index (χ1) is 19.6. The molecular weight excluding hydrogens is 531 g/mol. The molecule has 41 heavy (non-hydrogen) atoms. The number of amides is 1. The third-order valence-corrected chi connectivity index (χ3v) is 6.25. The second-order valence-electron chi connectivity index (χ2n) is 10.6. The minimum absolute atomic E-state index is 0.147. The van der Waals surface area contributed by atoms with Crippen LogP contribution >= 0.6 is 0 Å². The summed E-state index contributed by atoms with van der Waals surface area (Å²) in [6.45, 7) is 10.5. The second kappa shape index (κ2) is 11.4. The monoisotopic (exact) mass is 562 g/mol. The van der Waals surface area contributed by atoms with Gasteiger partial charge in [0.1, 0.15) is 22.9 Å². The van der Waals surface area contributed by atoms with Crippen molar-refractivity contribution in [3.8, 4) is 11.7 Å². The van der Waals surface area contributed by atoms with E-state index in [4.69, 9.17) is 9.47 Å². The molecule has 1 amide bonds. The van der Waals surface area contributed by atoms with Gasteiger partial charge in [-0.05, 0) is 26.8 Å². The number of nitrogens with zero attached hydrogens (tertiary/aromatic N) is 7. The molecule has 5 heterocycles. The fraction of sp³-hybridized carbons (Fsp3) is 0.357. The topological polar surface area (TPSA) is 129 Å². The van der Waals surface area contributed by atoms with Gasteiger partial charge in [-0.25, -0.2) is 23.5 Å². The Kier molecular flexibility index (Phi) is 7.68. The van der Waals surface area contributed by atoms with Gasteiger partial charge in [-0.15, -0.1) is 6.58 Å². The van der Waals surface area contributed by atoms with Crippen molar-refractivity contribution < 1.29 is 18.7 Å². The van der Waals surface area contributed by atoms with Gasteiger partial charge >= 0.3 is 6.09 Å². The van der Waals surface area contributed by atoms with Crippen LogP contribution in [0.3, 0.4) is 0 Å². The van der Waals surface area contributed by atoms with Gasteiger partial charge in [0, 0.05) is 44.3 Å². The predicted octanol–water partition coefficient (Wildman–Crippen LogP) is 4.22. The molecule has 12 nitrogen and oxygen atoms in total. The SMILES string of the molecule is C=CCn1c(=O)c2cnc(Nc3cncc(F)c3)nc2n1-c1cccc(OC2CCN(C(=O)OC(C)(C)C)CC2)n1. The Bertz CT molecular complexity index is 1640. The highest BCUT2D eigenvalue weighted by Gasteiger charge is 2.28. The summed E-state index contributed by atoms with van der Waals surface area (Å²) in [7, 11) is 0. The summed E-state index contributed by atoms with van der Waals surface area (Å²) in [5.74, 6) is 0.413. The van der Waals surface area contributed by atoms with Crippen LogP contribution in [0.25, 0.3) is 16.9 Å². The lowest BCUT2D eigenvalue weighted by molar-refractivity contribution is 0.0123. The number of hydrogen-bond donors (Lipinski definition) is 1. The van der Waals surface area contributed by atoms with Crippen molar-refractivity contribution in [1.29, 1.82) is 0 Å². The van der Waals surface area contributed by atoms with Gasteiger partial charge in [0.05, 0.1) is 24.6 Å². The third-order valence-electron chi connectivity index (χ3n) is 6.25. The number of likely N-dealkylation sites (tertiary alicyclic amines) is 1. The van der Waals surface area contributed by atoms with Crippen LogP contribution in [-0.4, -0.2) is 65.1 Å². The zero-order chi connectivity index (χ0) is 29.1. The number of hydrogen-bond acceptors (Lipinski definition) is 9. The van der Waals surface area contributed by atoms with E-state index in [0.717, 1.165) is 6.20 Å². The first kappa shape index (κ1) is 27.7. The van der Waals surface area contributed by atoms with Crippen molar-refractivity contribution in [2.45, 2.75) is 51.9 Å². The fourth-order valence-electron chi connectivity index (χ4n) is 4.46. The van der Waals surface area contributed by atoms with Gasteiger partial charge < -0.3 is 19.7 Å². The van der Waals surface area contributed by atoms with Crippen molar-refractivity contribution in [1.82, 2.24) is 34.2 Å². The second-order valence-corrected chi connectivity index (χ2v) is 10.6. The predicted molar refractivity (Wildman–Crippen MR) is 150 cm³/mol. The summed E-state index contributed by atoms with van der Waals surface area (Å²) in [5.41, 5.74) is -0.215. The Labute approximate surface area is 235 Å². The normalized spacial score (nSPS) is 14.2. The molecule has 5 rings (SSSR count). The van der Waals surface area contributed by atoms with E-state index in [1.807, 2.05) is 20.8 Å². The van der Waals surface area contributed by atoms with Gasteiger partial charge in [0.15, 0.2) is 11.5 Å². The first-order valence-corrected chi connectivity index (χ1v) is 13.2. The number of ether oxygens (including phenoxy) is 2. The number of pyridine rings is 2. The highest BCUT2D eigenvalue weighted by atomic mass is 19.1. The van der Waals surface area contributed by atoms with Crippen molar-refractivity contribution in [2.75, 3.05) is 18.4 Å². The zero-order valence-corrected chi connectivity index (χ0v) is 23.1. The number of piperidine rings is 1. The van der Waals surface area contributed by atoms with E-state index in [-0.39, 0.29) is 35.6 Å². The Morgan fingerprint density at radius 3 is 2.68 bits per heavy atom. The summed E-state index contributed by atoms with van der Waals surface area (Å²) >= 11 is 0. The molecule has 1 aliphatic heterocycles. The van der Waals surface area contributed by atoms with Gasteiger partial charge in [0.25, 0.3) is 5.56 Å². The molecule has 214 valence electrons. The molecule has 13 heteroatoms. The molecule has 4 aromatic rings. The van der Waals surface area contributed by atoms with E-state index in [0.29, 0.717) is 49.0 Å². The Morgan fingerprint density at radius 1 is 1.20 bits per heavy atom. The van der Waals surface area contributed by atoms with Crippen LogP contribution in [0.2, 0.25) is 0 Å². The van der Waals surface area contributed by atoms with Crippen LogP contribution in [0.1, 0.15) is 33.6 Å². The number of carbonyl (C=O) groups is 1. The molecule has 0 aliphatic carbocycles. The van der Waals surface area contributed by atoms with Crippen LogP contribution in [0.15, 0.2) is 60.3 Å². The van der Waals surface area contributed by atoms with Crippen LogP contribution in [0.5, 0.6) is 5.88 Å².